The second-order valence-corrected chi connectivity index (χ2v) is 13.8. The van der Waals surface area contributed by atoms with Crippen molar-refractivity contribution in [1.29, 1.82) is 0 Å². The predicted octanol–water partition coefficient (Wildman–Crippen LogP) is 11.4. The Bertz CT molecular complexity index is 731. The van der Waals surface area contributed by atoms with Crippen LogP contribution < -0.4 is 9.47 Å². The van der Waals surface area contributed by atoms with Gasteiger partial charge in [0, 0.05) is 45.2 Å². The minimum absolute atomic E-state index is 0.0557. The molecular weight excluding hydrogens is 556 g/mol. The molecule has 0 N–H and O–H groups in total. The summed E-state index contributed by atoms with van der Waals surface area (Å²) in [5.74, 6) is 1.81. The van der Waals surface area contributed by atoms with Gasteiger partial charge < -0.3 is 14.2 Å². The van der Waals surface area contributed by atoms with Crippen LogP contribution in [0.5, 0.6) is 11.5 Å². The number of rotatable bonds is 24. The molecule has 0 radical (unpaired) electrons. The Labute approximate surface area is 280 Å². The smallest absolute Gasteiger partial charge is 0.152 e. The largest absolute Gasteiger partial charge is 0.475 e. The summed E-state index contributed by atoms with van der Waals surface area (Å²) in [5.41, 5.74) is 0. The van der Waals surface area contributed by atoms with Crippen LogP contribution >= 0.6 is 0 Å². The summed E-state index contributed by atoms with van der Waals surface area (Å²) in [5, 5.41) is 0. The lowest BCUT2D eigenvalue weighted by Gasteiger charge is -2.31. The van der Waals surface area contributed by atoms with E-state index in [1.165, 1.54) is 128 Å². The molecule has 2 unspecified atom stereocenters. The van der Waals surface area contributed by atoms with Crippen LogP contribution in [0.15, 0.2) is 24.3 Å². The van der Waals surface area contributed by atoms with Crippen molar-refractivity contribution < 1.29 is 14.2 Å². The fraction of sp³-hybridized carbons (Fsp3) is 0.850. The molecule has 0 spiro atoms. The van der Waals surface area contributed by atoms with Crippen molar-refractivity contribution in [2.75, 3.05) is 40.4 Å². The van der Waals surface area contributed by atoms with E-state index in [1.54, 1.807) is 0 Å². The maximum Gasteiger partial charge on any atom is 0.152 e. The average molecular weight is 631 g/mol. The molecule has 45 heavy (non-hydrogen) atoms. The zero-order chi connectivity index (χ0) is 32.2. The zero-order valence-electron chi connectivity index (χ0n) is 30.4. The van der Waals surface area contributed by atoms with Crippen LogP contribution in [-0.4, -0.2) is 62.7 Å². The summed E-state index contributed by atoms with van der Waals surface area (Å²) in [4.78, 5) is 4.82. The summed E-state index contributed by atoms with van der Waals surface area (Å²) in [6.45, 7) is 8.33. The summed E-state index contributed by atoms with van der Waals surface area (Å²) in [7, 11) is 4.45. The maximum atomic E-state index is 6.62. The molecular formula is C40H74N2O3. The molecule has 262 valence electrons. The van der Waals surface area contributed by atoms with Crippen molar-refractivity contribution in [3.05, 3.63) is 24.3 Å². The van der Waals surface area contributed by atoms with Crippen LogP contribution in [0.3, 0.4) is 0 Å². The summed E-state index contributed by atoms with van der Waals surface area (Å²) in [6.07, 6.45) is 31.4. The summed E-state index contributed by atoms with van der Waals surface area (Å²) < 4.78 is 19.3. The summed E-state index contributed by atoms with van der Waals surface area (Å²) >= 11 is 0. The van der Waals surface area contributed by atoms with Gasteiger partial charge in [-0.05, 0) is 51.9 Å². The lowest BCUT2D eigenvalue weighted by atomic mass is 10.1. The van der Waals surface area contributed by atoms with E-state index in [2.05, 4.69) is 62.0 Å². The number of hydrogen-bond acceptors (Lipinski definition) is 5. The lowest BCUT2D eigenvalue weighted by Crippen LogP contribution is -2.38. The van der Waals surface area contributed by atoms with Crippen LogP contribution in [-0.2, 0) is 4.74 Å². The Balaban J connectivity index is 1.78. The highest BCUT2D eigenvalue weighted by Gasteiger charge is 2.20. The molecule has 0 amide bonds. The van der Waals surface area contributed by atoms with Crippen molar-refractivity contribution >= 4 is 0 Å². The van der Waals surface area contributed by atoms with E-state index in [-0.39, 0.29) is 12.5 Å². The van der Waals surface area contributed by atoms with E-state index in [4.69, 9.17) is 14.2 Å². The highest BCUT2D eigenvalue weighted by Crippen LogP contribution is 2.25. The van der Waals surface area contributed by atoms with Gasteiger partial charge in [0.2, 0.25) is 0 Å². The van der Waals surface area contributed by atoms with Crippen molar-refractivity contribution in [3.8, 4) is 11.5 Å². The van der Waals surface area contributed by atoms with Gasteiger partial charge in [-0.2, -0.15) is 0 Å². The normalized spacial score (nSPS) is 18.1. The predicted molar refractivity (Wildman–Crippen MR) is 194 cm³/mol. The van der Waals surface area contributed by atoms with Crippen LogP contribution in [0.25, 0.3) is 0 Å². The van der Waals surface area contributed by atoms with Gasteiger partial charge in [-0.15, -0.1) is 0 Å². The van der Waals surface area contributed by atoms with Crippen molar-refractivity contribution in [3.63, 3.8) is 0 Å². The zero-order valence-corrected chi connectivity index (χ0v) is 30.4. The van der Waals surface area contributed by atoms with Gasteiger partial charge in [-0.1, -0.05) is 135 Å². The number of fused-ring (bicyclic) bond motifs is 2. The van der Waals surface area contributed by atoms with Gasteiger partial charge in [0.15, 0.2) is 12.5 Å². The molecule has 1 aliphatic rings. The molecule has 0 aromatic heterocycles. The van der Waals surface area contributed by atoms with Crippen LogP contribution in [0.1, 0.15) is 168 Å². The van der Waals surface area contributed by atoms with E-state index in [1.807, 2.05) is 0 Å². The summed E-state index contributed by atoms with van der Waals surface area (Å²) in [6, 6.07) is 8.35. The molecule has 1 aliphatic heterocycles. The topological polar surface area (TPSA) is 34.2 Å². The van der Waals surface area contributed by atoms with Crippen LogP contribution in [0.2, 0.25) is 0 Å². The second-order valence-electron chi connectivity index (χ2n) is 13.8. The monoisotopic (exact) mass is 631 g/mol. The van der Waals surface area contributed by atoms with Gasteiger partial charge in [-0.25, -0.2) is 0 Å². The minimum Gasteiger partial charge on any atom is -0.475 e. The van der Waals surface area contributed by atoms with E-state index in [0.29, 0.717) is 0 Å². The molecule has 1 aromatic rings. The van der Waals surface area contributed by atoms with Gasteiger partial charge >= 0.3 is 0 Å². The van der Waals surface area contributed by atoms with Crippen LogP contribution in [0, 0.1) is 0 Å². The standard InChI is InChI=1S/C40H74N2O3/c1-5-7-9-11-13-15-17-19-21-23-32-41(3)39-30-26-34-43-35-27-31-40(45-38-29-25-28-37(36-38)44-39)42(4)33-24-22-20-18-16-14-12-10-8-6-2/h25,28-29,36,39-40H,5-24,26-27,30-35H2,1-4H3. The Morgan fingerprint density at radius 3 is 1.27 bits per heavy atom. The average Bonchev–Trinajstić information content (AvgIpc) is 3.04. The van der Waals surface area contributed by atoms with Crippen molar-refractivity contribution in [2.24, 2.45) is 0 Å². The van der Waals surface area contributed by atoms with Crippen molar-refractivity contribution in [1.82, 2.24) is 9.80 Å². The van der Waals surface area contributed by atoms with E-state index in [0.717, 1.165) is 63.5 Å². The third-order valence-corrected chi connectivity index (χ3v) is 9.54. The van der Waals surface area contributed by atoms with E-state index in [9.17, 15) is 0 Å². The molecule has 0 aliphatic carbocycles. The van der Waals surface area contributed by atoms with E-state index < -0.39 is 0 Å². The first-order valence-electron chi connectivity index (χ1n) is 19.6. The highest BCUT2D eigenvalue weighted by atomic mass is 16.5. The number of unbranched alkanes of at least 4 members (excludes halogenated alkanes) is 18. The Morgan fingerprint density at radius 2 is 0.889 bits per heavy atom. The number of benzene rings is 1. The minimum atomic E-state index is 0.0557. The quantitative estimate of drug-likeness (QED) is 0.106. The highest BCUT2D eigenvalue weighted by molar-refractivity contribution is 5.33. The number of ether oxygens (including phenoxy) is 3. The fourth-order valence-corrected chi connectivity index (χ4v) is 6.48. The molecule has 0 saturated carbocycles. The first kappa shape index (κ1) is 39.9. The number of nitrogens with zero attached hydrogens (tertiary/aromatic N) is 2. The first-order valence-corrected chi connectivity index (χ1v) is 19.6. The van der Waals surface area contributed by atoms with E-state index >= 15 is 0 Å². The van der Waals surface area contributed by atoms with Gasteiger partial charge in [0.05, 0.1) is 0 Å². The Morgan fingerprint density at radius 1 is 0.533 bits per heavy atom. The first-order chi connectivity index (χ1) is 22.1. The SMILES string of the molecule is CCCCCCCCCCCCN(C)C1CCCOCCCC(N(C)CCCCCCCCCCCC)Oc2cccc(c2)O1. The van der Waals surface area contributed by atoms with Gasteiger partial charge in [-0.3, -0.25) is 9.80 Å². The maximum absolute atomic E-state index is 6.62. The van der Waals surface area contributed by atoms with Crippen LogP contribution in [0.4, 0.5) is 0 Å². The molecule has 2 rings (SSSR count). The molecule has 1 heterocycles. The second kappa shape index (κ2) is 27.8. The van der Waals surface area contributed by atoms with Gasteiger partial charge in [0.25, 0.3) is 0 Å². The molecule has 0 fully saturated rings. The molecule has 2 bridgehead atoms. The number of hydrogen-bond donors (Lipinski definition) is 0. The van der Waals surface area contributed by atoms with Crippen molar-refractivity contribution in [2.45, 2.75) is 180 Å². The third kappa shape index (κ3) is 20.5. The molecule has 2 atom stereocenters. The molecule has 5 nitrogen and oxygen atoms in total. The molecule has 0 saturated heterocycles. The molecule has 1 aromatic carbocycles. The Hall–Kier alpha value is -1.30. The third-order valence-electron chi connectivity index (χ3n) is 9.54. The molecule has 5 heteroatoms. The Kier molecular flexibility index (Phi) is 24.6. The van der Waals surface area contributed by atoms with Gasteiger partial charge in [0.1, 0.15) is 11.5 Å². The fourth-order valence-electron chi connectivity index (χ4n) is 6.48. The lowest BCUT2D eigenvalue weighted by molar-refractivity contribution is 0.0128.